The first-order valence-electron chi connectivity index (χ1n) is 6.89. The fourth-order valence-corrected chi connectivity index (χ4v) is 2.45. The molecular weight excluding hydrogens is 280 g/mol. The number of nitrogens with one attached hydrogen (secondary N) is 1. The van der Waals surface area contributed by atoms with Crippen molar-refractivity contribution in [1.29, 1.82) is 0 Å². The van der Waals surface area contributed by atoms with Crippen molar-refractivity contribution in [3.05, 3.63) is 66.0 Å². The third kappa shape index (κ3) is 2.61. The third-order valence-electron chi connectivity index (χ3n) is 3.52. The first-order valence-corrected chi connectivity index (χ1v) is 6.89. The zero-order valence-electron chi connectivity index (χ0n) is 12.1. The Labute approximate surface area is 127 Å². The molecule has 0 fully saturated rings. The normalized spacial score (nSPS) is 10.6. The van der Waals surface area contributed by atoms with Crippen LogP contribution in [0.1, 0.15) is 16.1 Å². The molecule has 0 aliphatic carbocycles. The largest absolute Gasteiger partial charge is 0.497 e. The average molecular weight is 296 g/mol. The molecule has 2 heterocycles. The lowest BCUT2D eigenvalue weighted by atomic mass is 10.2. The Morgan fingerprint density at radius 2 is 2.09 bits per heavy atom. The van der Waals surface area contributed by atoms with Crippen molar-refractivity contribution in [3.8, 4) is 5.75 Å². The summed E-state index contributed by atoms with van der Waals surface area (Å²) in [7, 11) is 1.62. The molecule has 2 N–H and O–H groups in total. The summed E-state index contributed by atoms with van der Waals surface area (Å²) in [5.74, 6) is -0.187. The van der Waals surface area contributed by atoms with Crippen LogP contribution in [0.3, 0.4) is 0 Å². The van der Waals surface area contributed by atoms with Crippen LogP contribution in [0.25, 0.3) is 5.52 Å². The number of benzene rings is 1. The molecule has 1 aromatic carbocycles. The van der Waals surface area contributed by atoms with Gasteiger partial charge in [-0.2, -0.15) is 0 Å². The van der Waals surface area contributed by atoms with Crippen molar-refractivity contribution in [2.24, 2.45) is 0 Å². The maximum atomic E-state index is 11.6. The molecule has 0 saturated heterocycles. The molecule has 0 saturated carbocycles. The summed E-state index contributed by atoms with van der Waals surface area (Å²) in [6.45, 7) is 0.518. The van der Waals surface area contributed by atoms with Crippen LogP contribution in [0, 0.1) is 0 Å². The Bertz CT molecular complexity index is 824. The summed E-state index contributed by atoms with van der Waals surface area (Å²) < 4.78 is 6.85. The maximum absolute atomic E-state index is 11.6. The van der Waals surface area contributed by atoms with E-state index in [9.17, 15) is 9.90 Å². The molecule has 3 rings (SSSR count). The van der Waals surface area contributed by atoms with Crippen LogP contribution in [0.2, 0.25) is 0 Å². The topological polar surface area (TPSA) is 63.0 Å². The number of carboxylic acid groups (broad SMARTS) is 1. The van der Waals surface area contributed by atoms with E-state index in [0.29, 0.717) is 12.2 Å². The van der Waals surface area contributed by atoms with Gasteiger partial charge in [0.05, 0.1) is 12.8 Å². The van der Waals surface area contributed by atoms with Gasteiger partial charge in [0, 0.05) is 18.3 Å². The highest BCUT2D eigenvalue weighted by Gasteiger charge is 2.14. The van der Waals surface area contributed by atoms with Gasteiger partial charge in [-0.1, -0.05) is 12.1 Å². The molecule has 0 aliphatic heterocycles. The minimum Gasteiger partial charge on any atom is -0.497 e. The molecule has 3 aromatic rings. The van der Waals surface area contributed by atoms with Crippen molar-refractivity contribution in [2.75, 3.05) is 12.4 Å². The van der Waals surface area contributed by atoms with Gasteiger partial charge in [-0.15, -0.1) is 0 Å². The van der Waals surface area contributed by atoms with E-state index in [1.165, 1.54) is 0 Å². The number of fused-ring (bicyclic) bond motifs is 1. The summed E-state index contributed by atoms with van der Waals surface area (Å²) in [5, 5.41) is 12.7. The molecule has 0 bridgehead atoms. The SMILES string of the molecule is COc1cccc(CNc2ccc3cccn3c2C(=O)O)c1. The van der Waals surface area contributed by atoms with Gasteiger partial charge in [0.1, 0.15) is 5.75 Å². The number of aromatic nitrogens is 1. The Kier molecular flexibility index (Phi) is 3.70. The van der Waals surface area contributed by atoms with E-state index in [2.05, 4.69) is 5.32 Å². The molecule has 2 aromatic heterocycles. The second-order valence-electron chi connectivity index (χ2n) is 4.91. The van der Waals surface area contributed by atoms with Crippen LogP contribution < -0.4 is 10.1 Å². The highest BCUT2D eigenvalue weighted by atomic mass is 16.5. The van der Waals surface area contributed by atoms with Gasteiger partial charge < -0.3 is 19.6 Å². The molecular formula is C17H16N2O3. The minimum absolute atomic E-state index is 0.227. The van der Waals surface area contributed by atoms with Gasteiger partial charge in [0.2, 0.25) is 0 Å². The molecule has 0 unspecified atom stereocenters. The lowest BCUT2D eigenvalue weighted by Gasteiger charge is -2.12. The quantitative estimate of drug-likeness (QED) is 0.758. The van der Waals surface area contributed by atoms with Crippen LogP contribution in [0.15, 0.2) is 54.7 Å². The van der Waals surface area contributed by atoms with E-state index in [-0.39, 0.29) is 5.69 Å². The third-order valence-corrected chi connectivity index (χ3v) is 3.52. The molecule has 5 heteroatoms. The number of methoxy groups -OCH3 is 1. The molecule has 0 aliphatic rings. The summed E-state index contributed by atoms with van der Waals surface area (Å²) >= 11 is 0. The molecule has 0 radical (unpaired) electrons. The zero-order chi connectivity index (χ0) is 15.5. The van der Waals surface area contributed by atoms with Crippen LogP contribution in [0.4, 0.5) is 5.69 Å². The summed E-state index contributed by atoms with van der Waals surface area (Å²) in [5.41, 5.74) is 2.68. The van der Waals surface area contributed by atoms with E-state index in [4.69, 9.17) is 4.74 Å². The molecule has 0 spiro atoms. The molecule has 22 heavy (non-hydrogen) atoms. The summed E-state index contributed by atoms with van der Waals surface area (Å²) in [4.78, 5) is 11.6. The molecule has 112 valence electrons. The van der Waals surface area contributed by atoms with Crippen molar-refractivity contribution in [1.82, 2.24) is 4.40 Å². The van der Waals surface area contributed by atoms with Gasteiger partial charge in [-0.05, 0) is 42.0 Å². The predicted octanol–water partition coefficient (Wildman–Crippen LogP) is 3.26. The number of hydrogen-bond acceptors (Lipinski definition) is 3. The fraction of sp³-hybridized carbons (Fsp3) is 0.118. The predicted molar refractivity (Wildman–Crippen MR) is 84.7 cm³/mol. The Balaban J connectivity index is 1.90. The molecule has 0 atom stereocenters. The van der Waals surface area contributed by atoms with E-state index < -0.39 is 5.97 Å². The standard InChI is InChI=1S/C17H16N2O3/c1-22-14-6-2-4-12(10-14)11-18-15-8-7-13-5-3-9-19(13)16(15)17(20)21/h2-10,18H,11H2,1H3,(H,20,21). The number of hydrogen-bond donors (Lipinski definition) is 2. The Morgan fingerprint density at radius 1 is 1.23 bits per heavy atom. The summed E-state index contributed by atoms with van der Waals surface area (Å²) in [6, 6.07) is 15.0. The minimum atomic E-state index is -0.963. The van der Waals surface area contributed by atoms with Crippen LogP contribution in [-0.4, -0.2) is 22.6 Å². The van der Waals surface area contributed by atoms with E-state index in [0.717, 1.165) is 16.8 Å². The lowest BCUT2D eigenvalue weighted by Crippen LogP contribution is -2.11. The highest BCUT2D eigenvalue weighted by molar-refractivity contribution is 5.93. The number of carbonyl (C=O) groups is 1. The summed E-state index contributed by atoms with van der Waals surface area (Å²) in [6.07, 6.45) is 1.75. The number of carboxylic acids is 1. The Morgan fingerprint density at radius 3 is 2.86 bits per heavy atom. The van der Waals surface area contributed by atoms with Crippen molar-refractivity contribution >= 4 is 17.2 Å². The van der Waals surface area contributed by atoms with E-state index in [1.807, 2.05) is 42.5 Å². The van der Waals surface area contributed by atoms with Crippen molar-refractivity contribution in [3.63, 3.8) is 0 Å². The van der Waals surface area contributed by atoms with Crippen LogP contribution in [-0.2, 0) is 6.54 Å². The zero-order valence-corrected chi connectivity index (χ0v) is 12.1. The second-order valence-corrected chi connectivity index (χ2v) is 4.91. The maximum Gasteiger partial charge on any atom is 0.355 e. The lowest BCUT2D eigenvalue weighted by molar-refractivity contribution is 0.0690. The Hall–Kier alpha value is -2.95. The van der Waals surface area contributed by atoms with Crippen LogP contribution >= 0.6 is 0 Å². The van der Waals surface area contributed by atoms with Gasteiger partial charge in [0.25, 0.3) is 0 Å². The van der Waals surface area contributed by atoms with Crippen LogP contribution in [0.5, 0.6) is 5.75 Å². The van der Waals surface area contributed by atoms with E-state index >= 15 is 0 Å². The number of aromatic carboxylic acids is 1. The first kappa shape index (κ1) is 14.0. The van der Waals surface area contributed by atoms with Gasteiger partial charge in [0.15, 0.2) is 5.69 Å². The smallest absolute Gasteiger partial charge is 0.355 e. The average Bonchev–Trinajstić information content (AvgIpc) is 3.00. The number of ether oxygens (including phenoxy) is 1. The fourth-order valence-electron chi connectivity index (χ4n) is 2.45. The van der Waals surface area contributed by atoms with Gasteiger partial charge in [-0.3, -0.25) is 0 Å². The van der Waals surface area contributed by atoms with Crippen molar-refractivity contribution in [2.45, 2.75) is 6.54 Å². The second kappa shape index (κ2) is 5.81. The highest BCUT2D eigenvalue weighted by Crippen LogP contribution is 2.21. The van der Waals surface area contributed by atoms with Crippen molar-refractivity contribution < 1.29 is 14.6 Å². The number of anilines is 1. The van der Waals surface area contributed by atoms with Gasteiger partial charge in [-0.25, -0.2) is 4.79 Å². The monoisotopic (exact) mass is 296 g/mol. The molecule has 5 nitrogen and oxygen atoms in total. The molecule has 0 amide bonds. The first-order chi connectivity index (χ1) is 10.7. The number of pyridine rings is 1. The number of nitrogens with zero attached hydrogens (tertiary/aromatic N) is 1. The van der Waals surface area contributed by atoms with E-state index in [1.54, 1.807) is 23.8 Å². The number of rotatable bonds is 5. The van der Waals surface area contributed by atoms with Gasteiger partial charge >= 0.3 is 5.97 Å².